The number of urea groups is 1. The van der Waals surface area contributed by atoms with Gasteiger partial charge in [-0.25, -0.2) is 22.9 Å². The number of nitrogens with zero attached hydrogens (tertiary/aromatic N) is 2. The quantitative estimate of drug-likeness (QED) is 0.442. The van der Waals surface area contributed by atoms with E-state index in [-0.39, 0.29) is 41.7 Å². The van der Waals surface area contributed by atoms with Gasteiger partial charge in [0.2, 0.25) is 5.92 Å². The van der Waals surface area contributed by atoms with Crippen molar-refractivity contribution in [1.29, 1.82) is 0 Å². The number of rotatable bonds is 4. The maximum atomic E-state index is 14.5. The van der Waals surface area contributed by atoms with E-state index < -0.39 is 17.8 Å². The second-order valence-electron chi connectivity index (χ2n) is 8.11. The molecule has 0 radical (unpaired) electrons. The fraction of sp³-hybridized carbons (Fsp3) is 0.348. The normalized spacial score (nSPS) is 16.0. The first kappa shape index (κ1) is 21.9. The molecule has 0 bridgehead atoms. The number of pyridine rings is 2. The molecule has 1 saturated carbocycles. The molecule has 0 spiro atoms. The van der Waals surface area contributed by atoms with E-state index >= 15 is 0 Å². The number of benzene rings is 1. The molecule has 1 aliphatic carbocycles. The monoisotopic (exact) mass is 449 g/mol. The molecule has 6 nitrogen and oxygen atoms in total. The molecule has 2 amide bonds. The number of carbonyl (C=O) groups is 1. The zero-order chi connectivity index (χ0) is 22.9. The number of halogens is 3. The lowest BCUT2D eigenvalue weighted by molar-refractivity contribution is -0.0394. The number of alkyl halides is 2. The SMILES string of the molecule is CNc1cc2ncc(-c3cc(NC(=O)NC4CCC(F)(F)CC4)c(F)cc3C)cc2cn1.[HH].[HH].[HH]. The van der Waals surface area contributed by atoms with Gasteiger partial charge in [-0.1, -0.05) is 0 Å². The van der Waals surface area contributed by atoms with Crippen molar-refractivity contribution in [2.75, 3.05) is 17.7 Å². The molecule has 2 aromatic heterocycles. The minimum absolute atomic E-state index is 0. The Balaban J connectivity index is 0.00000204. The van der Waals surface area contributed by atoms with Crippen LogP contribution in [0.1, 0.15) is 35.5 Å². The summed E-state index contributed by atoms with van der Waals surface area (Å²) in [4.78, 5) is 21.1. The van der Waals surface area contributed by atoms with Crippen LogP contribution in [0.4, 0.5) is 29.5 Å². The minimum Gasteiger partial charge on any atom is -0.373 e. The summed E-state index contributed by atoms with van der Waals surface area (Å²) in [6.07, 6.45) is 3.24. The molecule has 9 heteroatoms. The van der Waals surface area contributed by atoms with E-state index in [2.05, 4.69) is 25.9 Å². The van der Waals surface area contributed by atoms with Crippen LogP contribution in [0.2, 0.25) is 0 Å². The van der Waals surface area contributed by atoms with Crippen molar-refractivity contribution in [2.45, 2.75) is 44.6 Å². The molecule has 1 fully saturated rings. The molecule has 1 aliphatic rings. The Morgan fingerprint density at radius 1 is 1.12 bits per heavy atom. The first-order chi connectivity index (χ1) is 15.2. The summed E-state index contributed by atoms with van der Waals surface area (Å²) in [6.45, 7) is 1.77. The molecule has 174 valence electrons. The minimum atomic E-state index is -2.68. The van der Waals surface area contributed by atoms with Crippen molar-refractivity contribution in [1.82, 2.24) is 15.3 Å². The average Bonchev–Trinajstić information content (AvgIpc) is 2.76. The number of aromatic nitrogens is 2. The van der Waals surface area contributed by atoms with E-state index in [1.165, 1.54) is 6.07 Å². The van der Waals surface area contributed by atoms with E-state index in [4.69, 9.17) is 0 Å². The van der Waals surface area contributed by atoms with Crippen molar-refractivity contribution in [3.8, 4) is 11.1 Å². The standard InChI is InChI=1S/C23H24F3N5O.3H2/c1-13-7-18(24)20(31-22(32)30-16-3-5-23(25,26)6-4-16)9-17(13)14-8-15-12-29-21(27-2)10-19(15)28-11-14;;;/h7-12,16H,3-6H2,1-2H3,(H,27,29)(H2,30,31,32);3*1H. The first-order valence-corrected chi connectivity index (χ1v) is 10.4. The Kier molecular flexibility index (Phi) is 5.90. The second kappa shape index (κ2) is 8.64. The van der Waals surface area contributed by atoms with Gasteiger partial charge in [0.25, 0.3) is 0 Å². The van der Waals surface area contributed by atoms with E-state index in [1.807, 2.05) is 12.1 Å². The largest absolute Gasteiger partial charge is 0.373 e. The first-order valence-electron chi connectivity index (χ1n) is 10.4. The number of amides is 2. The maximum Gasteiger partial charge on any atom is 0.319 e. The highest BCUT2D eigenvalue weighted by Gasteiger charge is 2.35. The Bertz CT molecular complexity index is 1170. The number of hydrogen-bond donors (Lipinski definition) is 3. The fourth-order valence-electron chi connectivity index (χ4n) is 3.91. The van der Waals surface area contributed by atoms with Crippen LogP contribution < -0.4 is 16.0 Å². The topological polar surface area (TPSA) is 78.9 Å². The Morgan fingerprint density at radius 2 is 1.88 bits per heavy atom. The molecule has 32 heavy (non-hydrogen) atoms. The lowest BCUT2D eigenvalue weighted by Crippen LogP contribution is -2.42. The van der Waals surface area contributed by atoms with Gasteiger partial charge in [-0.15, -0.1) is 0 Å². The highest BCUT2D eigenvalue weighted by Crippen LogP contribution is 2.33. The Hall–Kier alpha value is -3.36. The molecular weight excluding hydrogens is 419 g/mol. The van der Waals surface area contributed by atoms with Gasteiger partial charge in [0.05, 0.1) is 11.2 Å². The summed E-state index contributed by atoms with van der Waals surface area (Å²) in [7, 11) is 1.78. The van der Waals surface area contributed by atoms with Crippen molar-refractivity contribution < 1.29 is 22.2 Å². The van der Waals surface area contributed by atoms with Gasteiger partial charge in [-0.3, -0.25) is 4.98 Å². The summed E-state index contributed by atoms with van der Waals surface area (Å²) in [5, 5.41) is 8.97. The second-order valence-corrected chi connectivity index (χ2v) is 8.11. The van der Waals surface area contributed by atoms with Gasteiger partial charge < -0.3 is 16.0 Å². The Morgan fingerprint density at radius 3 is 2.59 bits per heavy atom. The lowest BCUT2D eigenvalue weighted by Gasteiger charge is -2.28. The predicted octanol–water partition coefficient (Wildman–Crippen LogP) is 6.22. The van der Waals surface area contributed by atoms with Gasteiger partial charge >= 0.3 is 6.03 Å². The third kappa shape index (κ3) is 4.76. The Labute approximate surface area is 188 Å². The van der Waals surface area contributed by atoms with Gasteiger partial charge in [-0.2, -0.15) is 0 Å². The van der Waals surface area contributed by atoms with Crippen LogP contribution in [0.3, 0.4) is 0 Å². The van der Waals surface area contributed by atoms with Gasteiger partial charge in [0, 0.05) is 59.6 Å². The molecule has 0 unspecified atom stereocenters. The molecule has 1 aromatic carbocycles. The van der Waals surface area contributed by atoms with Gasteiger partial charge in [0.1, 0.15) is 11.6 Å². The number of anilines is 2. The summed E-state index contributed by atoms with van der Waals surface area (Å²) in [5.41, 5.74) is 2.93. The zero-order valence-electron chi connectivity index (χ0n) is 17.8. The van der Waals surface area contributed by atoms with E-state index in [1.54, 1.807) is 32.4 Å². The smallest absolute Gasteiger partial charge is 0.319 e. The average molecular weight is 450 g/mol. The zero-order valence-corrected chi connectivity index (χ0v) is 17.8. The fourth-order valence-corrected chi connectivity index (χ4v) is 3.91. The number of nitrogens with one attached hydrogen (secondary N) is 3. The van der Waals surface area contributed by atoms with E-state index in [0.717, 1.165) is 16.5 Å². The number of hydrogen-bond acceptors (Lipinski definition) is 4. The molecule has 2 heterocycles. The summed E-state index contributed by atoms with van der Waals surface area (Å²) >= 11 is 0. The van der Waals surface area contributed by atoms with Crippen LogP contribution in [-0.4, -0.2) is 35.0 Å². The third-order valence-corrected chi connectivity index (χ3v) is 5.75. The summed E-state index contributed by atoms with van der Waals surface area (Å²) in [5.74, 6) is -2.55. The van der Waals surface area contributed by atoms with Crippen LogP contribution in [0.25, 0.3) is 22.0 Å². The van der Waals surface area contributed by atoms with Crippen LogP contribution in [0.5, 0.6) is 0 Å². The van der Waals surface area contributed by atoms with E-state index in [0.29, 0.717) is 16.9 Å². The van der Waals surface area contributed by atoms with Crippen molar-refractivity contribution in [3.63, 3.8) is 0 Å². The molecule has 3 aromatic rings. The van der Waals surface area contributed by atoms with Crippen molar-refractivity contribution >= 4 is 28.4 Å². The van der Waals surface area contributed by atoms with Crippen LogP contribution >= 0.6 is 0 Å². The molecule has 0 saturated heterocycles. The maximum absolute atomic E-state index is 14.5. The van der Waals surface area contributed by atoms with E-state index in [9.17, 15) is 18.0 Å². The number of fused-ring (bicyclic) bond motifs is 1. The summed E-state index contributed by atoms with van der Waals surface area (Å²) in [6, 6.07) is 5.66. The number of aryl methyl sites for hydroxylation is 1. The van der Waals surface area contributed by atoms with Gasteiger partial charge in [-0.05, 0) is 49.1 Å². The number of carbonyl (C=O) groups excluding carboxylic acids is 1. The molecule has 3 N–H and O–H groups in total. The lowest BCUT2D eigenvalue weighted by atomic mass is 9.92. The van der Waals surface area contributed by atoms with Crippen LogP contribution in [-0.2, 0) is 0 Å². The predicted molar refractivity (Wildman–Crippen MR) is 125 cm³/mol. The van der Waals surface area contributed by atoms with Crippen LogP contribution in [0, 0.1) is 12.7 Å². The van der Waals surface area contributed by atoms with Crippen molar-refractivity contribution in [3.05, 3.63) is 48.0 Å². The third-order valence-electron chi connectivity index (χ3n) is 5.75. The summed E-state index contributed by atoms with van der Waals surface area (Å²) < 4.78 is 41.2. The molecule has 0 atom stereocenters. The van der Waals surface area contributed by atoms with Crippen LogP contribution in [0.15, 0.2) is 36.7 Å². The molecule has 0 aliphatic heterocycles. The van der Waals surface area contributed by atoms with Gasteiger partial charge in [0.15, 0.2) is 0 Å². The highest BCUT2D eigenvalue weighted by molar-refractivity contribution is 5.91. The molecular formula is C23H30F3N5O. The van der Waals surface area contributed by atoms with Crippen molar-refractivity contribution in [2.24, 2.45) is 0 Å². The molecule has 4 rings (SSSR count). The highest BCUT2D eigenvalue weighted by atomic mass is 19.3.